The number of nitrogens with one attached hydrogen (secondary N) is 1. The molecule has 0 fully saturated rings. The maximum atomic E-state index is 6.05. The standard InChI is InChI=1S/C14H13Cl2N3S/c1-20-14-18-12-4-2-3-9(12)13(19-14)17-8-5-6-10(15)11(16)7-8/h5-7H,2-4H2,1H3,(H,17,18,19). The molecule has 1 aromatic carbocycles. The van der Waals surface area contributed by atoms with E-state index in [1.165, 1.54) is 5.56 Å². The lowest BCUT2D eigenvalue weighted by Crippen LogP contribution is -2.03. The highest BCUT2D eigenvalue weighted by molar-refractivity contribution is 7.98. The van der Waals surface area contributed by atoms with Gasteiger partial charge in [0.05, 0.1) is 15.7 Å². The summed E-state index contributed by atoms with van der Waals surface area (Å²) in [5.74, 6) is 0.884. The quantitative estimate of drug-likeness (QED) is 0.653. The van der Waals surface area contributed by atoms with Gasteiger partial charge in [-0.25, -0.2) is 9.97 Å². The number of nitrogens with zero attached hydrogens (tertiary/aromatic N) is 2. The van der Waals surface area contributed by atoms with Crippen molar-refractivity contribution in [2.24, 2.45) is 0 Å². The Bertz CT molecular complexity index is 661. The van der Waals surface area contributed by atoms with Crippen LogP contribution in [0, 0.1) is 0 Å². The van der Waals surface area contributed by atoms with Crippen molar-refractivity contribution in [2.45, 2.75) is 24.4 Å². The lowest BCUT2D eigenvalue weighted by molar-refractivity contribution is 0.879. The van der Waals surface area contributed by atoms with Crippen molar-refractivity contribution in [3.8, 4) is 0 Å². The fraction of sp³-hybridized carbons (Fsp3) is 0.286. The number of hydrogen-bond donors (Lipinski definition) is 1. The molecule has 6 heteroatoms. The molecular formula is C14H13Cl2N3S. The SMILES string of the molecule is CSc1nc2c(c(Nc3ccc(Cl)c(Cl)c3)n1)CCC2. The zero-order valence-corrected chi connectivity index (χ0v) is 13.2. The van der Waals surface area contributed by atoms with Crippen molar-refractivity contribution in [1.82, 2.24) is 9.97 Å². The number of thioether (sulfide) groups is 1. The largest absolute Gasteiger partial charge is 0.340 e. The van der Waals surface area contributed by atoms with Crippen LogP contribution in [-0.4, -0.2) is 16.2 Å². The number of rotatable bonds is 3. The second kappa shape index (κ2) is 5.80. The summed E-state index contributed by atoms with van der Waals surface area (Å²) in [6.45, 7) is 0. The van der Waals surface area contributed by atoms with Crippen LogP contribution < -0.4 is 5.32 Å². The first-order valence-electron chi connectivity index (χ1n) is 6.33. The molecule has 0 unspecified atom stereocenters. The fourth-order valence-corrected chi connectivity index (χ4v) is 3.00. The number of benzene rings is 1. The molecule has 1 aliphatic rings. The molecule has 0 amide bonds. The van der Waals surface area contributed by atoms with Crippen LogP contribution in [0.5, 0.6) is 0 Å². The normalized spacial score (nSPS) is 13.3. The lowest BCUT2D eigenvalue weighted by Gasteiger charge is -2.12. The summed E-state index contributed by atoms with van der Waals surface area (Å²) in [6.07, 6.45) is 5.17. The van der Waals surface area contributed by atoms with Gasteiger partial charge in [-0.05, 0) is 43.7 Å². The van der Waals surface area contributed by atoms with Gasteiger partial charge in [0.25, 0.3) is 0 Å². The Labute approximate surface area is 132 Å². The van der Waals surface area contributed by atoms with E-state index in [4.69, 9.17) is 23.2 Å². The third kappa shape index (κ3) is 2.73. The topological polar surface area (TPSA) is 37.8 Å². The first-order chi connectivity index (χ1) is 9.67. The Morgan fingerprint density at radius 2 is 2.00 bits per heavy atom. The minimum atomic E-state index is 0.535. The predicted molar refractivity (Wildman–Crippen MR) is 85.6 cm³/mol. The zero-order valence-electron chi connectivity index (χ0n) is 10.9. The van der Waals surface area contributed by atoms with Gasteiger partial charge >= 0.3 is 0 Å². The van der Waals surface area contributed by atoms with E-state index in [-0.39, 0.29) is 0 Å². The minimum absolute atomic E-state index is 0.535. The second-order valence-electron chi connectivity index (χ2n) is 4.59. The molecule has 0 saturated heterocycles. The van der Waals surface area contributed by atoms with Gasteiger partial charge in [-0.3, -0.25) is 0 Å². The van der Waals surface area contributed by atoms with E-state index in [0.29, 0.717) is 10.0 Å². The summed E-state index contributed by atoms with van der Waals surface area (Å²) in [5, 5.41) is 5.22. The fourth-order valence-electron chi connectivity index (χ4n) is 2.32. The van der Waals surface area contributed by atoms with Crippen LogP contribution in [0.15, 0.2) is 23.4 Å². The van der Waals surface area contributed by atoms with E-state index < -0.39 is 0 Å². The van der Waals surface area contributed by atoms with Crippen molar-refractivity contribution < 1.29 is 0 Å². The smallest absolute Gasteiger partial charge is 0.189 e. The number of hydrogen-bond acceptors (Lipinski definition) is 4. The van der Waals surface area contributed by atoms with Gasteiger partial charge in [-0.1, -0.05) is 35.0 Å². The monoisotopic (exact) mass is 325 g/mol. The molecule has 0 radical (unpaired) electrons. The first-order valence-corrected chi connectivity index (χ1v) is 8.31. The summed E-state index contributed by atoms with van der Waals surface area (Å²) >= 11 is 13.5. The van der Waals surface area contributed by atoms with Crippen molar-refractivity contribution in [3.63, 3.8) is 0 Å². The van der Waals surface area contributed by atoms with Crippen LogP contribution in [0.1, 0.15) is 17.7 Å². The van der Waals surface area contributed by atoms with E-state index in [9.17, 15) is 0 Å². The van der Waals surface area contributed by atoms with Crippen molar-refractivity contribution >= 4 is 46.5 Å². The summed E-state index contributed by atoms with van der Waals surface area (Å²) in [6, 6.07) is 5.49. The average Bonchev–Trinajstić information content (AvgIpc) is 2.91. The number of aromatic nitrogens is 2. The first kappa shape index (κ1) is 14.0. The molecule has 3 nitrogen and oxygen atoms in total. The van der Waals surface area contributed by atoms with E-state index >= 15 is 0 Å². The lowest BCUT2D eigenvalue weighted by atomic mass is 10.2. The van der Waals surface area contributed by atoms with E-state index in [1.807, 2.05) is 18.4 Å². The highest BCUT2D eigenvalue weighted by Gasteiger charge is 2.19. The molecule has 0 atom stereocenters. The summed E-state index contributed by atoms with van der Waals surface area (Å²) in [4.78, 5) is 9.15. The molecule has 1 heterocycles. The number of anilines is 2. The van der Waals surface area contributed by atoms with Crippen LogP contribution in [0.25, 0.3) is 0 Å². The summed E-state index contributed by atoms with van der Waals surface area (Å²) in [5.41, 5.74) is 3.26. The van der Waals surface area contributed by atoms with Crippen molar-refractivity contribution in [1.29, 1.82) is 0 Å². The van der Waals surface area contributed by atoms with Gasteiger partial charge in [0.2, 0.25) is 0 Å². The van der Waals surface area contributed by atoms with E-state index in [0.717, 1.165) is 41.6 Å². The predicted octanol–water partition coefficient (Wildman–Crippen LogP) is 4.74. The Morgan fingerprint density at radius 3 is 2.75 bits per heavy atom. The molecule has 104 valence electrons. The maximum absolute atomic E-state index is 6.05. The average molecular weight is 326 g/mol. The third-order valence-corrected chi connectivity index (χ3v) is 4.56. The molecular weight excluding hydrogens is 313 g/mol. The molecule has 1 N–H and O–H groups in total. The zero-order chi connectivity index (χ0) is 14.1. The molecule has 3 rings (SSSR count). The second-order valence-corrected chi connectivity index (χ2v) is 6.18. The van der Waals surface area contributed by atoms with Gasteiger partial charge < -0.3 is 5.32 Å². The van der Waals surface area contributed by atoms with Crippen LogP contribution in [0.2, 0.25) is 10.0 Å². The van der Waals surface area contributed by atoms with Gasteiger partial charge in [0, 0.05) is 11.3 Å². The minimum Gasteiger partial charge on any atom is -0.340 e. The Balaban J connectivity index is 1.97. The Morgan fingerprint density at radius 1 is 1.15 bits per heavy atom. The number of fused-ring (bicyclic) bond motifs is 1. The van der Waals surface area contributed by atoms with Crippen LogP contribution in [0.4, 0.5) is 11.5 Å². The van der Waals surface area contributed by atoms with Gasteiger partial charge in [0.1, 0.15) is 5.82 Å². The van der Waals surface area contributed by atoms with E-state index in [2.05, 4.69) is 15.3 Å². The molecule has 0 saturated carbocycles. The maximum Gasteiger partial charge on any atom is 0.189 e. The van der Waals surface area contributed by atoms with Gasteiger partial charge in [-0.2, -0.15) is 0 Å². The molecule has 0 bridgehead atoms. The Kier molecular flexibility index (Phi) is 4.06. The van der Waals surface area contributed by atoms with Crippen molar-refractivity contribution in [3.05, 3.63) is 39.5 Å². The summed E-state index contributed by atoms with van der Waals surface area (Å²) < 4.78 is 0. The molecule has 20 heavy (non-hydrogen) atoms. The van der Waals surface area contributed by atoms with Gasteiger partial charge in [0.15, 0.2) is 5.16 Å². The van der Waals surface area contributed by atoms with Crippen LogP contribution >= 0.6 is 35.0 Å². The summed E-state index contributed by atoms with van der Waals surface area (Å²) in [7, 11) is 0. The highest BCUT2D eigenvalue weighted by atomic mass is 35.5. The molecule has 1 aromatic heterocycles. The molecule has 2 aromatic rings. The molecule has 1 aliphatic carbocycles. The van der Waals surface area contributed by atoms with Crippen LogP contribution in [-0.2, 0) is 12.8 Å². The Hall–Kier alpha value is -0.970. The highest BCUT2D eigenvalue weighted by Crippen LogP contribution is 2.32. The third-order valence-electron chi connectivity index (χ3n) is 3.28. The molecule has 0 spiro atoms. The van der Waals surface area contributed by atoms with Crippen LogP contribution in [0.3, 0.4) is 0 Å². The number of halogens is 2. The number of aryl methyl sites for hydroxylation is 1. The van der Waals surface area contributed by atoms with Gasteiger partial charge in [-0.15, -0.1) is 0 Å². The van der Waals surface area contributed by atoms with Crippen molar-refractivity contribution in [2.75, 3.05) is 11.6 Å². The molecule has 0 aliphatic heterocycles. The van der Waals surface area contributed by atoms with E-state index in [1.54, 1.807) is 17.8 Å².